The van der Waals surface area contributed by atoms with E-state index in [0.717, 1.165) is 28.5 Å². The molecule has 1 fully saturated rings. The quantitative estimate of drug-likeness (QED) is 0.701. The number of nitrogens with two attached hydrogens (primary N) is 1. The summed E-state index contributed by atoms with van der Waals surface area (Å²) in [5, 5.41) is 2.07. The Hall–Kier alpha value is -1.95. The Kier molecular flexibility index (Phi) is 5.18. The fourth-order valence-corrected chi connectivity index (χ4v) is 6.28. The van der Waals surface area contributed by atoms with Crippen LogP contribution < -0.4 is 5.73 Å². The third kappa shape index (κ3) is 3.25. The van der Waals surface area contributed by atoms with Gasteiger partial charge in [0, 0.05) is 41.6 Å². The van der Waals surface area contributed by atoms with E-state index in [1.54, 1.807) is 25.4 Å². The van der Waals surface area contributed by atoms with Gasteiger partial charge in [-0.1, -0.05) is 17.7 Å². The summed E-state index contributed by atoms with van der Waals surface area (Å²) in [6.07, 6.45) is 3.88. The molecule has 2 N–H and O–H groups in total. The lowest BCUT2D eigenvalue weighted by Crippen LogP contribution is -2.62. The Morgan fingerprint density at radius 2 is 1.93 bits per heavy atom. The first-order chi connectivity index (χ1) is 13.8. The van der Waals surface area contributed by atoms with Gasteiger partial charge in [0.2, 0.25) is 0 Å². The highest BCUT2D eigenvalue weighted by Gasteiger charge is 2.68. The van der Waals surface area contributed by atoms with Crippen molar-refractivity contribution in [3.8, 4) is 23.0 Å². The van der Waals surface area contributed by atoms with Crippen LogP contribution in [0, 0.1) is 11.8 Å². The molecular weight excluding hydrogens is 412 g/mol. The molecule has 2 aromatic rings. The minimum absolute atomic E-state index is 0.206. The molecule has 8 heteroatoms. The second-order valence-corrected chi connectivity index (χ2v) is 9.66. The number of thioether (sulfide) groups is 1. The highest BCUT2D eigenvalue weighted by atomic mass is 32.2. The van der Waals surface area contributed by atoms with Crippen LogP contribution in [0.2, 0.25) is 0 Å². The molecule has 4 rings (SSSR count). The van der Waals surface area contributed by atoms with Crippen LogP contribution in [0.4, 0.5) is 8.78 Å². The molecule has 0 radical (unpaired) electrons. The normalized spacial score (nSPS) is 25.2. The maximum Gasteiger partial charge on any atom is 0.292 e. The van der Waals surface area contributed by atoms with E-state index >= 15 is 8.78 Å². The fourth-order valence-electron chi connectivity index (χ4n) is 3.90. The predicted octanol–water partition coefficient (Wildman–Crippen LogP) is 4.64. The van der Waals surface area contributed by atoms with Crippen LogP contribution in [0.1, 0.15) is 37.1 Å². The van der Waals surface area contributed by atoms with Crippen LogP contribution in [0.25, 0.3) is 11.1 Å². The predicted molar refractivity (Wildman–Crippen MR) is 114 cm³/mol. The number of alkyl halides is 2. The number of pyridine rings is 1. The standard InChI is InChI=1S/C21H21F2N3OS2/c1-3-4-14-9-15(12-25-11-14)16-10-17(28-13-16)19(2)21(22,23)20(29-18(24)26-19)5-7-27-8-6-20/h9-13H,5-8H2,1-2H3,(H2,24,26). The molecule has 2 aromatic heterocycles. The average molecular weight is 434 g/mol. The molecule has 4 nitrogen and oxygen atoms in total. The van der Waals surface area contributed by atoms with E-state index in [0.29, 0.717) is 18.1 Å². The lowest BCUT2D eigenvalue weighted by Gasteiger charge is -2.50. The van der Waals surface area contributed by atoms with Crippen molar-refractivity contribution in [1.29, 1.82) is 0 Å². The van der Waals surface area contributed by atoms with Crippen molar-refractivity contribution in [2.75, 3.05) is 13.2 Å². The number of hydrogen-bond acceptors (Lipinski definition) is 6. The molecule has 152 valence electrons. The van der Waals surface area contributed by atoms with Gasteiger partial charge >= 0.3 is 0 Å². The van der Waals surface area contributed by atoms with Crippen LogP contribution in [0.3, 0.4) is 0 Å². The summed E-state index contributed by atoms with van der Waals surface area (Å²) in [7, 11) is 0. The lowest BCUT2D eigenvalue weighted by molar-refractivity contribution is -0.127. The maximum absolute atomic E-state index is 16.0. The van der Waals surface area contributed by atoms with E-state index in [1.807, 2.05) is 11.4 Å². The molecule has 1 saturated heterocycles. The number of halogens is 2. The van der Waals surface area contributed by atoms with Gasteiger partial charge in [-0.15, -0.1) is 17.3 Å². The van der Waals surface area contributed by atoms with Gasteiger partial charge in [-0.05, 0) is 49.8 Å². The van der Waals surface area contributed by atoms with Crippen molar-refractivity contribution in [3.05, 3.63) is 40.3 Å². The third-order valence-corrected chi connectivity index (χ3v) is 8.03. The number of nitrogens with zero attached hydrogens (tertiary/aromatic N) is 2. The van der Waals surface area contributed by atoms with Crippen molar-refractivity contribution >= 4 is 28.3 Å². The van der Waals surface area contributed by atoms with Crippen molar-refractivity contribution in [2.45, 2.75) is 42.9 Å². The molecular formula is C21H21F2N3OS2. The zero-order valence-electron chi connectivity index (χ0n) is 16.2. The number of hydrogen-bond donors (Lipinski definition) is 1. The summed E-state index contributed by atoms with van der Waals surface area (Å²) in [5.74, 6) is 2.74. The topological polar surface area (TPSA) is 60.5 Å². The van der Waals surface area contributed by atoms with Crippen LogP contribution in [-0.4, -0.2) is 34.0 Å². The van der Waals surface area contributed by atoms with E-state index < -0.39 is 16.2 Å². The van der Waals surface area contributed by atoms with Gasteiger partial charge in [0.05, 0.1) is 4.75 Å². The zero-order chi connectivity index (χ0) is 20.7. The lowest BCUT2D eigenvalue weighted by atomic mass is 9.78. The zero-order valence-corrected chi connectivity index (χ0v) is 17.8. The monoisotopic (exact) mass is 433 g/mol. The smallest absolute Gasteiger partial charge is 0.292 e. The van der Waals surface area contributed by atoms with Gasteiger partial charge in [0.1, 0.15) is 0 Å². The number of amidine groups is 1. The maximum atomic E-state index is 16.0. The molecule has 1 unspecified atom stereocenters. The van der Waals surface area contributed by atoms with Crippen LogP contribution in [0.15, 0.2) is 34.9 Å². The van der Waals surface area contributed by atoms with Crippen molar-refractivity contribution in [3.63, 3.8) is 0 Å². The van der Waals surface area contributed by atoms with Crippen LogP contribution in [-0.2, 0) is 10.3 Å². The fraction of sp³-hybridized carbons (Fsp3) is 0.429. The van der Waals surface area contributed by atoms with E-state index in [1.165, 1.54) is 18.3 Å². The minimum atomic E-state index is -3.08. The summed E-state index contributed by atoms with van der Waals surface area (Å²) in [4.78, 5) is 8.98. The Balaban J connectivity index is 1.76. The second-order valence-electron chi connectivity index (χ2n) is 7.34. The van der Waals surface area contributed by atoms with Gasteiger partial charge in [0.25, 0.3) is 5.92 Å². The van der Waals surface area contributed by atoms with Crippen molar-refractivity contribution in [1.82, 2.24) is 4.98 Å². The highest BCUT2D eigenvalue weighted by molar-refractivity contribution is 8.15. The van der Waals surface area contributed by atoms with Gasteiger partial charge < -0.3 is 10.5 Å². The first-order valence-electron chi connectivity index (χ1n) is 9.28. The summed E-state index contributed by atoms with van der Waals surface area (Å²) in [6.45, 7) is 3.86. The number of aromatic nitrogens is 1. The Morgan fingerprint density at radius 1 is 1.17 bits per heavy atom. The van der Waals surface area contributed by atoms with E-state index in [9.17, 15) is 0 Å². The molecule has 2 aliphatic heterocycles. The van der Waals surface area contributed by atoms with Gasteiger partial charge in [-0.25, -0.2) is 13.8 Å². The number of rotatable bonds is 2. The molecule has 0 saturated carbocycles. The summed E-state index contributed by atoms with van der Waals surface area (Å²) >= 11 is 2.27. The number of thiophene rings is 1. The highest BCUT2D eigenvalue weighted by Crippen LogP contribution is 2.60. The molecule has 2 aliphatic rings. The SMILES string of the molecule is CC#Cc1cncc(-c2csc(C3(C)N=C(N)SC4(CCOCC4)C3(F)F)c2)c1. The Labute approximate surface area is 177 Å². The van der Waals surface area contributed by atoms with E-state index in [4.69, 9.17) is 10.5 Å². The molecule has 0 amide bonds. The molecule has 1 spiro atoms. The van der Waals surface area contributed by atoms with Gasteiger partial charge in [-0.2, -0.15) is 0 Å². The molecule has 4 heterocycles. The molecule has 29 heavy (non-hydrogen) atoms. The van der Waals surface area contributed by atoms with Crippen molar-refractivity contribution < 1.29 is 13.5 Å². The molecule has 0 aliphatic carbocycles. The minimum Gasteiger partial charge on any atom is -0.381 e. The van der Waals surface area contributed by atoms with Crippen LogP contribution >= 0.6 is 23.1 Å². The molecule has 1 atom stereocenters. The summed E-state index contributed by atoms with van der Waals surface area (Å²) < 4.78 is 36.0. The summed E-state index contributed by atoms with van der Waals surface area (Å²) in [6, 6.07) is 3.68. The van der Waals surface area contributed by atoms with Gasteiger partial charge in [-0.3, -0.25) is 4.98 Å². The van der Waals surface area contributed by atoms with Crippen molar-refractivity contribution in [2.24, 2.45) is 10.7 Å². The van der Waals surface area contributed by atoms with Crippen LogP contribution in [0.5, 0.6) is 0 Å². The average Bonchev–Trinajstić information content (AvgIpc) is 3.19. The molecule has 0 aromatic carbocycles. The second kappa shape index (κ2) is 7.38. The largest absolute Gasteiger partial charge is 0.381 e. The third-order valence-electron chi connectivity index (χ3n) is 5.54. The first-order valence-corrected chi connectivity index (χ1v) is 11.0. The van der Waals surface area contributed by atoms with Gasteiger partial charge in [0.15, 0.2) is 10.7 Å². The molecule has 0 bridgehead atoms. The Morgan fingerprint density at radius 3 is 2.66 bits per heavy atom. The number of ether oxygens (including phenoxy) is 1. The first kappa shape index (κ1) is 20.3. The van der Waals surface area contributed by atoms with E-state index in [2.05, 4.69) is 21.8 Å². The van der Waals surface area contributed by atoms with E-state index in [-0.39, 0.29) is 18.0 Å². The Bertz CT molecular complexity index is 1020. The number of aliphatic imine (C=N–C) groups is 1. The summed E-state index contributed by atoms with van der Waals surface area (Å²) in [5.41, 5.74) is 6.78.